The summed E-state index contributed by atoms with van der Waals surface area (Å²) in [5, 5.41) is 0. The van der Waals surface area contributed by atoms with E-state index in [0.717, 1.165) is 24.5 Å². The van der Waals surface area contributed by atoms with Gasteiger partial charge in [-0.3, -0.25) is 0 Å². The van der Waals surface area contributed by atoms with Gasteiger partial charge in [-0.25, -0.2) is 4.98 Å². The number of hydrogen-bond donors (Lipinski definition) is 1. The quantitative estimate of drug-likeness (QED) is 0.778. The highest BCUT2D eigenvalue weighted by Gasteiger charge is 2.12. The zero-order valence-corrected chi connectivity index (χ0v) is 7.74. The monoisotopic (exact) mass is 193 g/mol. The van der Waals surface area contributed by atoms with E-state index in [1.54, 1.807) is 0 Å². The lowest BCUT2D eigenvalue weighted by molar-refractivity contribution is 0.929. The third kappa shape index (κ3) is 2.23. The van der Waals surface area contributed by atoms with Gasteiger partial charge >= 0.3 is 0 Å². The summed E-state index contributed by atoms with van der Waals surface area (Å²) in [5.74, 6) is 1.09. The summed E-state index contributed by atoms with van der Waals surface area (Å²) >= 11 is 0. The Morgan fingerprint density at radius 3 is 2.50 bits per heavy atom. The summed E-state index contributed by atoms with van der Waals surface area (Å²) in [4.78, 5) is 6.70. The molecule has 1 fully saturated rings. The van der Waals surface area contributed by atoms with Crippen molar-refractivity contribution in [2.45, 2.75) is 26.8 Å². The second-order valence-corrected chi connectivity index (χ2v) is 3.42. The normalized spacial score (nSPS) is 15.4. The van der Waals surface area contributed by atoms with Gasteiger partial charge in [0.1, 0.15) is 5.82 Å². The molecule has 2 heterocycles. The highest BCUT2D eigenvalue weighted by molar-refractivity contribution is 5.40. The van der Waals surface area contributed by atoms with E-state index in [-0.39, 0.29) is 7.43 Å². The Morgan fingerprint density at radius 2 is 2.00 bits per heavy atom. The van der Waals surface area contributed by atoms with Gasteiger partial charge in [0.15, 0.2) is 0 Å². The first-order valence-electron chi connectivity index (χ1n) is 4.80. The molecule has 2 rings (SSSR count). The maximum Gasteiger partial charge on any atom is 0.128 e. The van der Waals surface area contributed by atoms with Crippen molar-refractivity contribution in [2.24, 2.45) is 5.73 Å². The minimum atomic E-state index is 0. The number of pyridine rings is 1. The molecule has 1 aliphatic heterocycles. The van der Waals surface area contributed by atoms with Crippen molar-refractivity contribution in [1.29, 1.82) is 0 Å². The van der Waals surface area contributed by atoms with E-state index in [0.29, 0.717) is 6.54 Å². The molecule has 0 aromatic carbocycles. The van der Waals surface area contributed by atoms with Gasteiger partial charge in [-0.15, -0.1) is 0 Å². The molecule has 14 heavy (non-hydrogen) atoms. The Morgan fingerprint density at radius 1 is 1.29 bits per heavy atom. The summed E-state index contributed by atoms with van der Waals surface area (Å²) in [7, 11) is 0. The lowest BCUT2D eigenvalue weighted by atomic mass is 10.3. The number of hydrogen-bond acceptors (Lipinski definition) is 3. The topological polar surface area (TPSA) is 42.1 Å². The van der Waals surface area contributed by atoms with Crippen molar-refractivity contribution in [3.05, 3.63) is 23.9 Å². The Hall–Kier alpha value is -1.09. The molecule has 0 bridgehead atoms. The highest BCUT2D eigenvalue weighted by atomic mass is 15.2. The van der Waals surface area contributed by atoms with Crippen LogP contribution in [0.25, 0.3) is 0 Å². The first-order chi connectivity index (χ1) is 6.40. The molecule has 3 nitrogen and oxygen atoms in total. The predicted octanol–water partition coefficient (Wildman–Crippen LogP) is 1.78. The van der Waals surface area contributed by atoms with Crippen LogP contribution in [0.15, 0.2) is 18.3 Å². The SMILES string of the molecule is C.NCc1ccc(N2CCCC2)nc1. The van der Waals surface area contributed by atoms with Gasteiger partial charge in [0.2, 0.25) is 0 Å². The number of anilines is 1. The molecule has 0 unspecified atom stereocenters. The molecule has 0 amide bonds. The molecular formula is C11H19N3. The third-order valence-electron chi connectivity index (χ3n) is 2.47. The second kappa shape index (κ2) is 4.96. The summed E-state index contributed by atoms with van der Waals surface area (Å²) in [6.07, 6.45) is 4.45. The van der Waals surface area contributed by atoms with Crippen LogP contribution < -0.4 is 10.6 Å². The average Bonchev–Trinajstić information content (AvgIpc) is 2.71. The molecule has 0 radical (unpaired) electrons. The van der Waals surface area contributed by atoms with Crippen molar-refractivity contribution in [2.75, 3.05) is 18.0 Å². The second-order valence-electron chi connectivity index (χ2n) is 3.42. The van der Waals surface area contributed by atoms with Crippen LogP contribution in [-0.2, 0) is 6.54 Å². The molecule has 1 aliphatic rings. The van der Waals surface area contributed by atoms with E-state index >= 15 is 0 Å². The smallest absolute Gasteiger partial charge is 0.128 e. The molecule has 0 saturated carbocycles. The van der Waals surface area contributed by atoms with Gasteiger partial charge in [0.05, 0.1) is 0 Å². The van der Waals surface area contributed by atoms with Gasteiger partial charge in [-0.1, -0.05) is 13.5 Å². The van der Waals surface area contributed by atoms with Crippen molar-refractivity contribution < 1.29 is 0 Å². The summed E-state index contributed by atoms with van der Waals surface area (Å²) in [5.41, 5.74) is 6.60. The van der Waals surface area contributed by atoms with Crippen LogP contribution in [0.5, 0.6) is 0 Å². The standard InChI is InChI=1S/C10H15N3.CH4/c11-7-9-3-4-10(12-8-9)13-5-1-2-6-13;/h3-4,8H,1-2,5-7,11H2;1H4. The van der Waals surface area contributed by atoms with Crippen LogP contribution in [-0.4, -0.2) is 18.1 Å². The van der Waals surface area contributed by atoms with E-state index in [2.05, 4.69) is 22.0 Å². The molecular weight excluding hydrogens is 174 g/mol. The average molecular weight is 193 g/mol. The molecule has 1 saturated heterocycles. The molecule has 0 spiro atoms. The number of rotatable bonds is 2. The molecule has 1 aromatic heterocycles. The van der Waals surface area contributed by atoms with Crippen molar-refractivity contribution >= 4 is 5.82 Å². The minimum absolute atomic E-state index is 0. The van der Waals surface area contributed by atoms with E-state index in [4.69, 9.17) is 5.73 Å². The third-order valence-corrected chi connectivity index (χ3v) is 2.47. The zero-order valence-electron chi connectivity index (χ0n) is 7.74. The highest BCUT2D eigenvalue weighted by Crippen LogP contribution is 2.17. The summed E-state index contributed by atoms with van der Waals surface area (Å²) in [6, 6.07) is 4.12. The Labute approximate surface area is 85.9 Å². The molecule has 2 N–H and O–H groups in total. The fourth-order valence-electron chi connectivity index (χ4n) is 1.67. The van der Waals surface area contributed by atoms with Crippen LogP contribution in [0.2, 0.25) is 0 Å². The molecule has 78 valence electrons. The van der Waals surface area contributed by atoms with Crippen molar-refractivity contribution in [3.8, 4) is 0 Å². The van der Waals surface area contributed by atoms with E-state index in [1.165, 1.54) is 12.8 Å². The zero-order chi connectivity index (χ0) is 9.10. The van der Waals surface area contributed by atoms with Crippen molar-refractivity contribution in [1.82, 2.24) is 4.98 Å². The van der Waals surface area contributed by atoms with Gasteiger partial charge in [0.25, 0.3) is 0 Å². The Bertz CT molecular complexity index is 262. The van der Waals surface area contributed by atoms with Gasteiger partial charge in [-0.05, 0) is 24.5 Å². The molecule has 3 heteroatoms. The van der Waals surface area contributed by atoms with Crippen LogP contribution in [0.1, 0.15) is 25.8 Å². The van der Waals surface area contributed by atoms with E-state index < -0.39 is 0 Å². The fourth-order valence-corrected chi connectivity index (χ4v) is 1.67. The molecule has 0 atom stereocenters. The van der Waals surface area contributed by atoms with Gasteiger partial charge in [-0.2, -0.15) is 0 Å². The van der Waals surface area contributed by atoms with E-state index in [9.17, 15) is 0 Å². The predicted molar refractivity (Wildman–Crippen MR) is 60.3 cm³/mol. The largest absolute Gasteiger partial charge is 0.357 e. The summed E-state index contributed by atoms with van der Waals surface area (Å²) in [6.45, 7) is 2.87. The number of nitrogens with two attached hydrogens (primary N) is 1. The summed E-state index contributed by atoms with van der Waals surface area (Å²) < 4.78 is 0. The van der Waals surface area contributed by atoms with Crippen LogP contribution in [0.4, 0.5) is 5.82 Å². The maximum atomic E-state index is 5.50. The first kappa shape index (κ1) is 11.0. The maximum absolute atomic E-state index is 5.50. The van der Waals surface area contributed by atoms with E-state index in [1.807, 2.05) is 6.20 Å². The first-order valence-corrected chi connectivity index (χ1v) is 4.80. The molecule has 1 aromatic rings. The fraction of sp³-hybridized carbons (Fsp3) is 0.545. The van der Waals surface area contributed by atoms with Crippen LogP contribution in [0, 0.1) is 0 Å². The Kier molecular flexibility index (Phi) is 3.89. The number of nitrogens with zero attached hydrogens (tertiary/aromatic N) is 2. The lowest BCUT2D eigenvalue weighted by Crippen LogP contribution is -2.18. The molecule has 0 aliphatic carbocycles. The minimum Gasteiger partial charge on any atom is -0.357 e. The lowest BCUT2D eigenvalue weighted by Gasteiger charge is -2.15. The van der Waals surface area contributed by atoms with Crippen molar-refractivity contribution in [3.63, 3.8) is 0 Å². The Balaban J connectivity index is 0.000000980. The van der Waals surface area contributed by atoms with Gasteiger partial charge < -0.3 is 10.6 Å². The van der Waals surface area contributed by atoms with Gasteiger partial charge in [0, 0.05) is 25.8 Å². The van der Waals surface area contributed by atoms with Crippen LogP contribution >= 0.6 is 0 Å². The van der Waals surface area contributed by atoms with Crippen LogP contribution in [0.3, 0.4) is 0 Å². The number of aromatic nitrogens is 1.